The Kier molecular flexibility index (Phi) is 5.33. The van der Waals surface area contributed by atoms with Gasteiger partial charge in [-0.1, -0.05) is 24.3 Å². The maximum absolute atomic E-state index is 13.2. The number of Topliss-reactive ketones (excluding diaryl/α,β-unsaturated/α-hetero) is 1. The highest BCUT2D eigenvalue weighted by Crippen LogP contribution is 2.31. The van der Waals surface area contributed by atoms with Gasteiger partial charge in [0.05, 0.1) is 29.8 Å². The van der Waals surface area contributed by atoms with Gasteiger partial charge in [0.2, 0.25) is 0 Å². The normalized spacial score (nSPS) is 13.9. The number of ether oxygens (including phenoxy) is 1. The number of amides is 2. The minimum absolute atomic E-state index is 0.0292. The molecule has 3 aromatic heterocycles. The first-order valence-corrected chi connectivity index (χ1v) is 10.8. The van der Waals surface area contributed by atoms with E-state index in [9.17, 15) is 14.4 Å². The first-order chi connectivity index (χ1) is 16.5. The molecule has 1 aliphatic rings. The van der Waals surface area contributed by atoms with E-state index in [1.807, 2.05) is 30.3 Å². The van der Waals surface area contributed by atoms with Gasteiger partial charge in [0.25, 0.3) is 17.6 Å². The van der Waals surface area contributed by atoms with E-state index < -0.39 is 17.6 Å². The fraction of sp³-hybridized carbons (Fsp3) is 0.208. The number of primary amides is 1. The number of fused-ring (bicyclic) bond motifs is 2. The van der Waals surface area contributed by atoms with Crippen LogP contribution in [0.3, 0.4) is 0 Å². The number of ketones is 1. The van der Waals surface area contributed by atoms with Crippen molar-refractivity contribution in [3.63, 3.8) is 0 Å². The average Bonchev–Trinajstić information content (AvgIpc) is 3.32. The third-order valence-electron chi connectivity index (χ3n) is 6.09. The second-order valence-corrected chi connectivity index (χ2v) is 7.96. The Balaban J connectivity index is 1.37. The number of hydrogen-bond acceptors (Lipinski definition) is 7. The van der Waals surface area contributed by atoms with E-state index in [2.05, 4.69) is 19.9 Å². The van der Waals surface area contributed by atoms with Crippen LogP contribution >= 0.6 is 0 Å². The molecular weight excluding hydrogens is 436 g/mol. The van der Waals surface area contributed by atoms with E-state index in [1.54, 1.807) is 6.20 Å². The molecule has 3 N–H and O–H groups in total. The van der Waals surface area contributed by atoms with Gasteiger partial charge < -0.3 is 25.3 Å². The van der Waals surface area contributed by atoms with Crippen LogP contribution in [0.25, 0.3) is 21.7 Å². The summed E-state index contributed by atoms with van der Waals surface area (Å²) in [5.74, 6) is -0.930. The van der Waals surface area contributed by atoms with Crippen molar-refractivity contribution in [1.29, 1.82) is 0 Å². The van der Waals surface area contributed by atoms with E-state index in [0.717, 1.165) is 16.6 Å². The van der Waals surface area contributed by atoms with E-state index >= 15 is 0 Å². The summed E-state index contributed by atoms with van der Waals surface area (Å²) >= 11 is 0. The molecule has 172 valence electrons. The van der Waals surface area contributed by atoms with Crippen molar-refractivity contribution in [2.75, 3.05) is 38.2 Å². The van der Waals surface area contributed by atoms with Crippen molar-refractivity contribution in [2.45, 2.75) is 0 Å². The van der Waals surface area contributed by atoms with E-state index in [4.69, 9.17) is 10.5 Å². The van der Waals surface area contributed by atoms with Gasteiger partial charge in [-0.15, -0.1) is 0 Å². The number of hydrogen-bond donors (Lipinski definition) is 2. The van der Waals surface area contributed by atoms with Crippen molar-refractivity contribution in [3.8, 4) is 5.75 Å². The Morgan fingerprint density at radius 3 is 2.56 bits per heavy atom. The van der Waals surface area contributed by atoms with Gasteiger partial charge in [0, 0.05) is 44.0 Å². The number of nitrogens with one attached hydrogen (secondary N) is 1. The van der Waals surface area contributed by atoms with Crippen molar-refractivity contribution < 1.29 is 19.1 Å². The number of aromatic nitrogens is 3. The lowest BCUT2D eigenvalue weighted by molar-refractivity contribution is -0.126. The molecule has 0 bridgehead atoms. The SMILES string of the molecule is COc1cnc(C(N)=O)c2[nH]cc(C(=O)C(=O)N3CCN(c4nccc5ccccc45)CC3)c12. The molecule has 10 heteroatoms. The molecule has 0 atom stereocenters. The quantitative estimate of drug-likeness (QED) is 0.344. The van der Waals surface area contributed by atoms with Crippen LogP contribution in [0.2, 0.25) is 0 Å². The molecule has 1 saturated heterocycles. The van der Waals surface area contributed by atoms with Crippen LogP contribution in [-0.4, -0.2) is 70.7 Å². The molecule has 10 nitrogen and oxygen atoms in total. The molecule has 0 radical (unpaired) electrons. The maximum Gasteiger partial charge on any atom is 0.295 e. The molecule has 4 aromatic rings. The Morgan fingerprint density at radius 1 is 1.06 bits per heavy atom. The predicted molar refractivity (Wildman–Crippen MR) is 126 cm³/mol. The van der Waals surface area contributed by atoms with Crippen LogP contribution in [0, 0.1) is 0 Å². The molecule has 0 aliphatic carbocycles. The van der Waals surface area contributed by atoms with E-state index in [-0.39, 0.29) is 22.5 Å². The predicted octanol–water partition coefficient (Wildman–Crippen LogP) is 1.75. The van der Waals surface area contributed by atoms with Crippen LogP contribution in [0.5, 0.6) is 5.75 Å². The molecule has 34 heavy (non-hydrogen) atoms. The smallest absolute Gasteiger partial charge is 0.295 e. The molecule has 1 aromatic carbocycles. The van der Waals surface area contributed by atoms with Gasteiger partial charge in [0.1, 0.15) is 11.6 Å². The average molecular weight is 458 g/mol. The standard InChI is InChI=1S/C24H22N6O4/c1-34-17-13-28-20(22(25)32)19-18(17)16(12-27-19)21(31)24(33)30-10-8-29(9-11-30)23-15-5-3-2-4-14(15)6-7-26-23/h2-7,12-13,27H,8-11H2,1H3,(H2,25,32). The van der Waals surface area contributed by atoms with Gasteiger partial charge in [-0.25, -0.2) is 9.97 Å². The molecule has 1 aliphatic heterocycles. The number of aromatic amines is 1. The first kappa shape index (κ1) is 21.4. The maximum atomic E-state index is 13.2. The molecule has 1 fully saturated rings. The number of piperazine rings is 1. The highest BCUT2D eigenvalue weighted by Gasteiger charge is 2.31. The molecule has 0 spiro atoms. The number of nitrogens with zero attached hydrogens (tertiary/aromatic N) is 4. The Bertz CT molecular complexity index is 1430. The zero-order chi connectivity index (χ0) is 23.8. The first-order valence-electron chi connectivity index (χ1n) is 10.8. The molecule has 0 unspecified atom stereocenters. The van der Waals surface area contributed by atoms with E-state index in [1.165, 1.54) is 24.4 Å². The molecule has 2 amide bonds. The highest BCUT2D eigenvalue weighted by molar-refractivity contribution is 6.45. The fourth-order valence-electron chi connectivity index (χ4n) is 4.37. The number of carbonyl (C=O) groups is 3. The number of benzene rings is 1. The second kappa shape index (κ2) is 8.47. The molecular formula is C24H22N6O4. The minimum atomic E-state index is -0.752. The summed E-state index contributed by atoms with van der Waals surface area (Å²) in [5, 5.41) is 2.45. The fourth-order valence-corrected chi connectivity index (χ4v) is 4.37. The van der Waals surface area contributed by atoms with Gasteiger partial charge in [-0.3, -0.25) is 14.4 Å². The number of rotatable bonds is 5. The zero-order valence-corrected chi connectivity index (χ0v) is 18.4. The van der Waals surface area contributed by atoms with Crippen molar-refractivity contribution >= 4 is 45.1 Å². The van der Waals surface area contributed by atoms with E-state index in [0.29, 0.717) is 31.6 Å². The lowest BCUT2D eigenvalue weighted by Crippen LogP contribution is -2.50. The third kappa shape index (κ3) is 3.49. The lowest BCUT2D eigenvalue weighted by atomic mass is 10.1. The second-order valence-electron chi connectivity index (χ2n) is 7.96. The zero-order valence-electron chi connectivity index (χ0n) is 18.4. The summed E-state index contributed by atoms with van der Waals surface area (Å²) < 4.78 is 5.31. The number of nitrogens with two attached hydrogens (primary N) is 1. The number of H-pyrrole nitrogens is 1. The van der Waals surface area contributed by atoms with Gasteiger partial charge in [-0.05, 0) is 11.5 Å². The van der Waals surface area contributed by atoms with Gasteiger partial charge in [0.15, 0.2) is 5.69 Å². The van der Waals surface area contributed by atoms with Crippen molar-refractivity contribution in [3.05, 3.63) is 60.2 Å². The Labute approximate surface area is 194 Å². The molecule has 5 rings (SSSR count). The molecule has 0 saturated carbocycles. The summed E-state index contributed by atoms with van der Waals surface area (Å²) in [6, 6.07) is 9.98. The Morgan fingerprint density at radius 2 is 1.82 bits per heavy atom. The summed E-state index contributed by atoms with van der Waals surface area (Å²) in [6.45, 7) is 1.85. The Hall–Kier alpha value is -4.47. The van der Waals surface area contributed by atoms with Crippen molar-refractivity contribution in [2.24, 2.45) is 5.73 Å². The van der Waals surface area contributed by atoms with Crippen LogP contribution in [0.15, 0.2) is 48.9 Å². The topological polar surface area (TPSA) is 135 Å². The number of pyridine rings is 2. The van der Waals surface area contributed by atoms with Crippen LogP contribution in [0.1, 0.15) is 20.8 Å². The lowest BCUT2D eigenvalue weighted by Gasteiger charge is -2.35. The highest BCUT2D eigenvalue weighted by atomic mass is 16.5. The summed E-state index contributed by atoms with van der Waals surface area (Å²) in [6.07, 6.45) is 4.48. The monoisotopic (exact) mass is 458 g/mol. The minimum Gasteiger partial charge on any atom is -0.494 e. The van der Waals surface area contributed by atoms with Crippen LogP contribution < -0.4 is 15.4 Å². The number of carbonyl (C=O) groups excluding carboxylic acids is 3. The van der Waals surface area contributed by atoms with Crippen LogP contribution in [-0.2, 0) is 4.79 Å². The summed E-state index contributed by atoms with van der Waals surface area (Å²) in [7, 11) is 1.42. The molecule has 4 heterocycles. The van der Waals surface area contributed by atoms with Crippen LogP contribution in [0.4, 0.5) is 5.82 Å². The summed E-state index contributed by atoms with van der Waals surface area (Å²) in [4.78, 5) is 53.0. The number of methoxy groups -OCH3 is 1. The number of anilines is 1. The van der Waals surface area contributed by atoms with Gasteiger partial charge in [-0.2, -0.15) is 0 Å². The summed E-state index contributed by atoms with van der Waals surface area (Å²) in [5.41, 5.74) is 5.74. The van der Waals surface area contributed by atoms with Crippen molar-refractivity contribution in [1.82, 2.24) is 19.9 Å². The van der Waals surface area contributed by atoms with Gasteiger partial charge >= 0.3 is 0 Å². The largest absolute Gasteiger partial charge is 0.494 e. The third-order valence-corrected chi connectivity index (χ3v) is 6.09.